The first kappa shape index (κ1) is 19.7. The van der Waals surface area contributed by atoms with Crippen molar-refractivity contribution in [2.75, 3.05) is 11.9 Å². The van der Waals surface area contributed by atoms with Gasteiger partial charge in [-0.3, -0.25) is 4.79 Å². The third-order valence-corrected chi connectivity index (χ3v) is 4.65. The van der Waals surface area contributed by atoms with Crippen molar-refractivity contribution in [1.29, 1.82) is 0 Å². The molecule has 2 heterocycles. The molecule has 0 fully saturated rings. The maximum Gasteiger partial charge on any atom is 0.422 e. The Kier molecular flexibility index (Phi) is 5.88. The molecule has 0 saturated carbocycles. The molecular formula is C18H15F3N4O2S. The number of ether oxygens (including phenoxy) is 1. The first-order valence-corrected chi connectivity index (χ1v) is 8.84. The van der Waals surface area contributed by atoms with Gasteiger partial charge in [-0.15, -0.1) is 0 Å². The molecule has 6 nitrogen and oxygen atoms in total. The Balaban J connectivity index is 1.69. The van der Waals surface area contributed by atoms with Crippen molar-refractivity contribution >= 4 is 23.4 Å². The lowest BCUT2D eigenvalue weighted by Crippen LogP contribution is -2.19. The number of hydrogen-bond acceptors (Lipinski definition) is 5. The number of aromatic nitrogens is 3. The second-order valence-electron chi connectivity index (χ2n) is 5.66. The molecule has 0 aliphatic carbocycles. The Hall–Kier alpha value is -3.01. The number of carbonyl (C=O) groups excluding carboxylic acids is 1. The van der Waals surface area contributed by atoms with Gasteiger partial charge in [-0.05, 0) is 30.0 Å². The highest BCUT2D eigenvalue weighted by atomic mass is 32.2. The van der Waals surface area contributed by atoms with Crippen molar-refractivity contribution in [3.8, 4) is 5.88 Å². The summed E-state index contributed by atoms with van der Waals surface area (Å²) in [5.74, 6) is -0.651. The third-order valence-electron chi connectivity index (χ3n) is 3.50. The molecule has 0 saturated heterocycles. The monoisotopic (exact) mass is 408 g/mol. The van der Waals surface area contributed by atoms with Crippen LogP contribution >= 0.6 is 11.8 Å². The van der Waals surface area contributed by atoms with E-state index in [2.05, 4.69) is 20.0 Å². The van der Waals surface area contributed by atoms with Crippen LogP contribution in [0, 0.1) is 0 Å². The molecule has 0 unspecified atom stereocenters. The molecule has 146 valence electrons. The number of imidazole rings is 1. The van der Waals surface area contributed by atoms with Crippen molar-refractivity contribution in [1.82, 2.24) is 14.5 Å². The number of amides is 1. The Morgan fingerprint density at radius 1 is 1.21 bits per heavy atom. The van der Waals surface area contributed by atoms with Gasteiger partial charge in [0.25, 0.3) is 5.91 Å². The van der Waals surface area contributed by atoms with Gasteiger partial charge in [0.1, 0.15) is 0 Å². The van der Waals surface area contributed by atoms with Crippen molar-refractivity contribution in [2.24, 2.45) is 7.05 Å². The summed E-state index contributed by atoms with van der Waals surface area (Å²) < 4.78 is 42.9. The lowest BCUT2D eigenvalue weighted by atomic mass is 10.2. The normalized spacial score (nSPS) is 11.3. The van der Waals surface area contributed by atoms with E-state index in [-0.39, 0.29) is 11.4 Å². The predicted octanol–water partition coefficient (Wildman–Crippen LogP) is 4.16. The number of nitrogens with one attached hydrogen (secondary N) is 1. The van der Waals surface area contributed by atoms with Gasteiger partial charge in [0.05, 0.1) is 11.3 Å². The van der Waals surface area contributed by atoms with E-state index >= 15 is 0 Å². The molecule has 10 heteroatoms. The van der Waals surface area contributed by atoms with Crippen molar-refractivity contribution in [2.45, 2.75) is 16.2 Å². The Morgan fingerprint density at radius 2 is 2.00 bits per heavy atom. The summed E-state index contributed by atoms with van der Waals surface area (Å²) in [4.78, 5) is 21.2. The van der Waals surface area contributed by atoms with Crippen molar-refractivity contribution < 1.29 is 22.7 Å². The SMILES string of the molecule is Cn1ccnc1Sc1ccccc1NC(=O)c1ccc(OCC(F)(F)F)nc1. The fraction of sp³-hybridized carbons (Fsp3) is 0.167. The predicted molar refractivity (Wildman–Crippen MR) is 97.5 cm³/mol. The van der Waals surface area contributed by atoms with Gasteiger partial charge < -0.3 is 14.6 Å². The summed E-state index contributed by atoms with van der Waals surface area (Å²) >= 11 is 1.39. The minimum atomic E-state index is -4.45. The minimum Gasteiger partial charge on any atom is -0.468 e. The van der Waals surface area contributed by atoms with Crippen molar-refractivity contribution in [3.05, 3.63) is 60.6 Å². The molecule has 0 aliphatic heterocycles. The van der Waals surface area contributed by atoms with E-state index in [1.165, 1.54) is 23.9 Å². The van der Waals surface area contributed by atoms with Gasteiger partial charge in [0.15, 0.2) is 11.8 Å². The Bertz CT molecular complexity index is 958. The zero-order valence-corrected chi connectivity index (χ0v) is 15.4. The van der Waals surface area contributed by atoms with E-state index in [9.17, 15) is 18.0 Å². The highest BCUT2D eigenvalue weighted by molar-refractivity contribution is 7.99. The Labute approximate surface area is 162 Å². The van der Waals surface area contributed by atoms with Gasteiger partial charge in [-0.25, -0.2) is 9.97 Å². The van der Waals surface area contributed by atoms with E-state index < -0.39 is 18.7 Å². The topological polar surface area (TPSA) is 69.0 Å². The number of hydrogen-bond donors (Lipinski definition) is 1. The summed E-state index contributed by atoms with van der Waals surface area (Å²) in [7, 11) is 1.87. The van der Waals surface area contributed by atoms with Gasteiger partial charge in [0, 0.05) is 36.6 Å². The molecule has 0 radical (unpaired) electrons. The average molecular weight is 408 g/mol. The first-order chi connectivity index (χ1) is 13.3. The maximum absolute atomic E-state index is 12.5. The van der Waals surface area contributed by atoms with Crippen LogP contribution in [0.5, 0.6) is 5.88 Å². The Morgan fingerprint density at radius 3 is 2.64 bits per heavy atom. The van der Waals surface area contributed by atoms with Crippen LogP contribution < -0.4 is 10.1 Å². The number of nitrogens with zero attached hydrogens (tertiary/aromatic N) is 3. The number of rotatable bonds is 6. The number of pyridine rings is 1. The van der Waals surface area contributed by atoms with Gasteiger partial charge in [-0.2, -0.15) is 13.2 Å². The molecule has 3 aromatic rings. The number of carbonyl (C=O) groups is 1. The molecule has 1 aromatic carbocycles. The van der Waals surface area contributed by atoms with Crippen LogP contribution in [0.2, 0.25) is 0 Å². The summed E-state index contributed by atoms with van der Waals surface area (Å²) in [5, 5.41) is 3.54. The fourth-order valence-corrected chi connectivity index (χ4v) is 3.05. The lowest BCUT2D eigenvalue weighted by Gasteiger charge is -2.11. The minimum absolute atomic E-state index is 0.191. The van der Waals surface area contributed by atoms with E-state index in [1.807, 2.05) is 29.9 Å². The summed E-state index contributed by atoms with van der Waals surface area (Å²) in [6.07, 6.45) is 0.205. The van der Waals surface area contributed by atoms with Gasteiger partial charge in [-0.1, -0.05) is 12.1 Å². The molecule has 2 aromatic heterocycles. The molecule has 0 bridgehead atoms. The van der Waals surface area contributed by atoms with Crippen LogP contribution in [-0.4, -0.2) is 33.2 Å². The zero-order chi connectivity index (χ0) is 20.1. The molecule has 28 heavy (non-hydrogen) atoms. The molecule has 1 amide bonds. The smallest absolute Gasteiger partial charge is 0.422 e. The third kappa shape index (κ3) is 5.26. The summed E-state index contributed by atoms with van der Waals surface area (Å²) in [6, 6.07) is 9.79. The standard InChI is InChI=1S/C18H15F3N4O2S/c1-25-9-8-22-17(25)28-14-5-3-2-4-13(14)24-16(26)12-6-7-15(23-10-12)27-11-18(19,20)21/h2-10H,11H2,1H3,(H,24,26). The van der Waals surface area contributed by atoms with Crippen LogP contribution in [0.1, 0.15) is 10.4 Å². The van der Waals surface area contributed by atoms with E-state index in [4.69, 9.17) is 0 Å². The highest BCUT2D eigenvalue weighted by Gasteiger charge is 2.28. The quantitative estimate of drug-likeness (QED) is 0.663. The van der Waals surface area contributed by atoms with Crippen LogP contribution in [0.15, 0.2) is 65.0 Å². The zero-order valence-electron chi connectivity index (χ0n) is 14.6. The average Bonchev–Trinajstić information content (AvgIpc) is 3.06. The molecule has 3 rings (SSSR count). The molecule has 0 spiro atoms. The van der Waals surface area contributed by atoms with Crippen LogP contribution in [0.4, 0.5) is 18.9 Å². The largest absolute Gasteiger partial charge is 0.468 e. The maximum atomic E-state index is 12.5. The number of aryl methyl sites for hydroxylation is 1. The van der Waals surface area contributed by atoms with Crippen LogP contribution in [0.25, 0.3) is 0 Å². The molecule has 1 N–H and O–H groups in total. The van der Waals surface area contributed by atoms with Gasteiger partial charge >= 0.3 is 6.18 Å². The molecular weight excluding hydrogens is 393 g/mol. The number of halogens is 3. The fourth-order valence-electron chi connectivity index (χ4n) is 2.16. The van der Waals surface area contributed by atoms with Crippen LogP contribution in [-0.2, 0) is 7.05 Å². The number of para-hydroxylation sites is 1. The summed E-state index contributed by atoms with van der Waals surface area (Å²) in [6.45, 7) is -1.44. The second kappa shape index (κ2) is 8.34. The molecule has 0 aliphatic rings. The van der Waals surface area contributed by atoms with Crippen molar-refractivity contribution in [3.63, 3.8) is 0 Å². The van der Waals surface area contributed by atoms with E-state index in [0.29, 0.717) is 5.69 Å². The lowest BCUT2D eigenvalue weighted by molar-refractivity contribution is -0.154. The second-order valence-corrected chi connectivity index (χ2v) is 6.67. The number of anilines is 1. The summed E-state index contributed by atoms with van der Waals surface area (Å²) in [5.41, 5.74) is 0.772. The number of benzene rings is 1. The first-order valence-electron chi connectivity index (χ1n) is 8.03. The molecule has 0 atom stereocenters. The van der Waals surface area contributed by atoms with E-state index in [1.54, 1.807) is 18.3 Å². The van der Waals surface area contributed by atoms with E-state index in [0.717, 1.165) is 16.2 Å². The van der Waals surface area contributed by atoms with Crippen LogP contribution in [0.3, 0.4) is 0 Å². The highest BCUT2D eigenvalue weighted by Crippen LogP contribution is 2.32. The number of alkyl halides is 3. The van der Waals surface area contributed by atoms with Gasteiger partial charge in [0.2, 0.25) is 5.88 Å².